The Bertz CT molecular complexity index is 167. The van der Waals surface area contributed by atoms with Crippen molar-refractivity contribution in [3.8, 4) is 0 Å². The van der Waals surface area contributed by atoms with Crippen LogP contribution in [0, 0.1) is 5.92 Å². The molecule has 0 amide bonds. The molecule has 0 aromatic carbocycles. The maximum atomic E-state index is 3.69. The molecule has 19 heavy (non-hydrogen) atoms. The summed E-state index contributed by atoms with van der Waals surface area (Å²) in [5, 5.41) is 3.69. The molecule has 1 heteroatoms. The van der Waals surface area contributed by atoms with Gasteiger partial charge in [0, 0.05) is 6.04 Å². The van der Waals surface area contributed by atoms with Crippen molar-refractivity contribution in [3.05, 3.63) is 0 Å². The fraction of sp³-hybridized carbons (Fsp3) is 1.00. The van der Waals surface area contributed by atoms with E-state index in [-0.39, 0.29) is 0 Å². The zero-order valence-electron chi connectivity index (χ0n) is 14.1. The Morgan fingerprint density at radius 2 is 1.32 bits per heavy atom. The lowest BCUT2D eigenvalue weighted by Crippen LogP contribution is -2.34. The smallest absolute Gasteiger partial charge is 0.00900 e. The van der Waals surface area contributed by atoms with Crippen molar-refractivity contribution in [3.63, 3.8) is 0 Å². The van der Waals surface area contributed by atoms with Crippen molar-refractivity contribution < 1.29 is 0 Å². The fourth-order valence-corrected chi connectivity index (χ4v) is 2.88. The van der Waals surface area contributed by atoms with Crippen LogP contribution in [0.25, 0.3) is 0 Å². The van der Waals surface area contributed by atoms with Gasteiger partial charge in [-0.05, 0) is 31.7 Å². The van der Waals surface area contributed by atoms with Crippen LogP contribution in [0.3, 0.4) is 0 Å². The number of hydrogen-bond donors (Lipinski definition) is 1. The molecule has 0 bridgehead atoms. The summed E-state index contributed by atoms with van der Waals surface area (Å²) in [7, 11) is 0. The van der Waals surface area contributed by atoms with Gasteiger partial charge in [0.2, 0.25) is 0 Å². The molecular formula is C18H39N. The second kappa shape index (κ2) is 14.4. The average Bonchev–Trinajstić information content (AvgIpc) is 2.42. The number of nitrogens with one attached hydrogen (secondary N) is 1. The molecular weight excluding hydrogens is 230 g/mol. The molecule has 0 aliphatic carbocycles. The molecule has 1 nitrogen and oxygen atoms in total. The predicted octanol–water partition coefficient (Wildman–Crippen LogP) is 5.93. The highest BCUT2D eigenvalue weighted by molar-refractivity contribution is 4.71. The van der Waals surface area contributed by atoms with E-state index in [1.54, 1.807) is 0 Å². The number of unbranched alkanes of at least 4 members (excludes halogenated alkanes) is 7. The molecule has 0 saturated carbocycles. The van der Waals surface area contributed by atoms with Gasteiger partial charge in [-0.2, -0.15) is 0 Å². The van der Waals surface area contributed by atoms with E-state index in [0.29, 0.717) is 0 Å². The summed E-state index contributed by atoms with van der Waals surface area (Å²) in [5.74, 6) is 0.844. The summed E-state index contributed by atoms with van der Waals surface area (Å²) < 4.78 is 0. The summed E-state index contributed by atoms with van der Waals surface area (Å²) in [4.78, 5) is 0. The first-order valence-corrected chi connectivity index (χ1v) is 8.99. The van der Waals surface area contributed by atoms with Crippen LogP contribution in [-0.4, -0.2) is 12.6 Å². The van der Waals surface area contributed by atoms with Crippen molar-refractivity contribution >= 4 is 0 Å². The van der Waals surface area contributed by atoms with E-state index in [0.717, 1.165) is 12.0 Å². The largest absolute Gasteiger partial charge is 0.314 e. The van der Waals surface area contributed by atoms with Gasteiger partial charge >= 0.3 is 0 Å². The van der Waals surface area contributed by atoms with Crippen LogP contribution in [0.15, 0.2) is 0 Å². The van der Waals surface area contributed by atoms with Crippen LogP contribution in [0.5, 0.6) is 0 Å². The number of rotatable bonds is 14. The molecule has 0 aromatic rings. The third-order valence-electron chi connectivity index (χ3n) is 4.30. The summed E-state index contributed by atoms with van der Waals surface area (Å²) in [6, 6.07) is 0.740. The van der Waals surface area contributed by atoms with Gasteiger partial charge < -0.3 is 5.32 Å². The summed E-state index contributed by atoms with van der Waals surface area (Å²) in [6.07, 6.45) is 15.4. The van der Waals surface area contributed by atoms with Gasteiger partial charge in [0.05, 0.1) is 0 Å². The Labute approximate surface area is 122 Å². The van der Waals surface area contributed by atoms with Crippen molar-refractivity contribution in [2.75, 3.05) is 6.54 Å². The second-order valence-electron chi connectivity index (χ2n) is 6.21. The van der Waals surface area contributed by atoms with Gasteiger partial charge in [0.25, 0.3) is 0 Å². The normalized spacial score (nSPS) is 14.5. The lowest BCUT2D eigenvalue weighted by molar-refractivity contribution is 0.338. The SMILES string of the molecule is CCCCCCCCCCC(C)C(CC)NCCC. The van der Waals surface area contributed by atoms with E-state index in [2.05, 4.69) is 33.0 Å². The Kier molecular flexibility index (Phi) is 14.3. The van der Waals surface area contributed by atoms with E-state index >= 15 is 0 Å². The highest BCUT2D eigenvalue weighted by Gasteiger charge is 2.13. The monoisotopic (exact) mass is 269 g/mol. The quantitative estimate of drug-likeness (QED) is 0.385. The zero-order valence-corrected chi connectivity index (χ0v) is 14.1. The van der Waals surface area contributed by atoms with Crippen LogP contribution < -0.4 is 5.32 Å². The lowest BCUT2D eigenvalue weighted by Gasteiger charge is -2.24. The van der Waals surface area contributed by atoms with Gasteiger partial charge in [-0.1, -0.05) is 79.1 Å². The van der Waals surface area contributed by atoms with E-state index in [9.17, 15) is 0 Å². The van der Waals surface area contributed by atoms with E-state index in [4.69, 9.17) is 0 Å². The molecule has 2 unspecified atom stereocenters. The van der Waals surface area contributed by atoms with E-state index < -0.39 is 0 Å². The maximum Gasteiger partial charge on any atom is 0.00900 e. The Morgan fingerprint density at radius 3 is 1.84 bits per heavy atom. The second-order valence-corrected chi connectivity index (χ2v) is 6.21. The Hall–Kier alpha value is -0.0400. The molecule has 0 fully saturated rings. The highest BCUT2D eigenvalue weighted by atomic mass is 14.9. The topological polar surface area (TPSA) is 12.0 Å². The van der Waals surface area contributed by atoms with Crippen LogP contribution in [-0.2, 0) is 0 Å². The first-order valence-electron chi connectivity index (χ1n) is 8.99. The molecule has 0 heterocycles. The van der Waals surface area contributed by atoms with E-state index in [1.165, 1.54) is 77.2 Å². The first kappa shape index (κ1) is 19.0. The van der Waals surface area contributed by atoms with Crippen LogP contribution in [0.4, 0.5) is 0 Å². The third kappa shape index (κ3) is 11.5. The zero-order chi connectivity index (χ0) is 14.3. The van der Waals surface area contributed by atoms with Gasteiger partial charge in [-0.3, -0.25) is 0 Å². The van der Waals surface area contributed by atoms with Crippen LogP contribution in [0.2, 0.25) is 0 Å². The lowest BCUT2D eigenvalue weighted by atomic mass is 9.93. The van der Waals surface area contributed by atoms with Crippen molar-refractivity contribution in [1.29, 1.82) is 0 Å². The van der Waals surface area contributed by atoms with Gasteiger partial charge in [-0.15, -0.1) is 0 Å². The number of hydrogen-bond acceptors (Lipinski definition) is 1. The maximum absolute atomic E-state index is 3.69. The minimum absolute atomic E-state index is 0.740. The van der Waals surface area contributed by atoms with Crippen molar-refractivity contribution in [1.82, 2.24) is 5.32 Å². The van der Waals surface area contributed by atoms with Crippen molar-refractivity contribution in [2.45, 2.75) is 104 Å². The molecule has 0 aliphatic rings. The molecule has 0 spiro atoms. The summed E-state index contributed by atoms with van der Waals surface area (Å²) in [5.41, 5.74) is 0. The predicted molar refractivity (Wildman–Crippen MR) is 88.8 cm³/mol. The standard InChI is InChI=1S/C18H39N/c1-5-8-9-10-11-12-13-14-15-17(4)18(7-3)19-16-6-2/h17-19H,5-16H2,1-4H3. The molecule has 0 saturated heterocycles. The third-order valence-corrected chi connectivity index (χ3v) is 4.30. The molecule has 2 atom stereocenters. The molecule has 0 radical (unpaired) electrons. The van der Waals surface area contributed by atoms with Crippen LogP contribution in [0.1, 0.15) is 98.3 Å². The average molecular weight is 270 g/mol. The minimum atomic E-state index is 0.740. The van der Waals surface area contributed by atoms with Gasteiger partial charge in [0.15, 0.2) is 0 Å². The minimum Gasteiger partial charge on any atom is -0.314 e. The Morgan fingerprint density at radius 1 is 0.737 bits per heavy atom. The van der Waals surface area contributed by atoms with Crippen molar-refractivity contribution in [2.24, 2.45) is 5.92 Å². The van der Waals surface area contributed by atoms with Gasteiger partial charge in [-0.25, -0.2) is 0 Å². The first-order chi connectivity index (χ1) is 9.26. The fourth-order valence-electron chi connectivity index (χ4n) is 2.88. The highest BCUT2D eigenvalue weighted by Crippen LogP contribution is 2.17. The molecule has 0 aliphatic heterocycles. The van der Waals surface area contributed by atoms with E-state index in [1.807, 2.05) is 0 Å². The summed E-state index contributed by atoms with van der Waals surface area (Å²) in [6.45, 7) is 10.5. The Balaban J connectivity index is 3.42. The van der Waals surface area contributed by atoms with Crippen LogP contribution >= 0.6 is 0 Å². The molecule has 1 N–H and O–H groups in total. The molecule has 116 valence electrons. The van der Waals surface area contributed by atoms with Gasteiger partial charge in [0.1, 0.15) is 0 Å². The summed E-state index contributed by atoms with van der Waals surface area (Å²) >= 11 is 0. The molecule has 0 aromatic heterocycles. The molecule has 0 rings (SSSR count).